The minimum atomic E-state index is -4.34. The van der Waals surface area contributed by atoms with E-state index in [1.807, 2.05) is 4.90 Å². The van der Waals surface area contributed by atoms with Crippen molar-refractivity contribution in [3.05, 3.63) is 53.4 Å². The Hall–Kier alpha value is -3.74. The fraction of sp³-hybridized carbons (Fsp3) is 0.360. The van der Waals surface area contributed by atoms with Crippen LogP contribution >= 0.6 is 0 Å². The highest BCUT2D eigenvalue weighted by atomic mass is 19.4. The number of rotatable bonds is 1. The Bertz CT molecular complexity index is 1540. The lowest BCUT2D eigenvalue weighted by atomic mass is 10.0. The summed E-state index contributed by atoms with van der Waals surface area (Å²) in [5.41, 5.74) is 0.826. The maximum Gasteiger partial charge on any atom is 0.405 e. The van der Waals surface area contributed by atoms with Gasteiger partial charge in [-0.2, -0.15) is 18.2 Å². The molecule has 0 spiro atoms. The van der Waals surface area contributed by atoms with E-state index in [0.717, 1.165) is 18.4 Å². The summed E-state index contributed by atoms with van der Waals surface area (Å²) in [7, 11) is 0. The third-order valence-corrected chi connectivity index (χ3v) is 6.82. The van der Waals surface area contributed by atoms with Crippen molar-refractivity contribution < 1.29 is 17.6 Å². The van der Waals surface area contributed by atoms with E-state index in [1.54, 1.807) is 23.6 Å². The highest BCUT2D eigenvalue weighted by Gasteiger charge is 2.62. The average Bonchev–Trinajstić information content (AvgIpc) is 3.58. The van der Waals surface area contributed by atoms with Gasteiger partial charge in [-0.1, -0.05) is 11.8 Å². The van der Waals surface area contributed by atoms with Crippen LogP contribution in [-0.2, 0) is 6.42 Å². The van der Waals surface area contributed by atoms with Gasteiger partial charge in [0.25, 0.3) is 5.78 Å². The molecule has 1 saturated carbocycles. The van der Waals surface area contributed by atoms with Crippen LogP contribution in [0.5, 0.6) is 0 Å². The van der Waals surface area contributed by atoms with Crippen molar-refractivity contribution >= 4 is 28.2 Å². The summed E-state index contributed by atoms with van der Waals surface area (Å²) in [6, 6.07) is 4.48. The van der Waals surface area contributed by atoms with Crippen LogP contribution in [0.2, 0.25) is 0 Å². The van der Waals surface area contributed by atoms with Crippen molar-refractivity contribution in [2.75, 3.05) is 11.4 Å². The molecule has 0 saturated heterocycles. The van der Waals surface area contributed by atoms with E-state index in [1.165, 1.54) is 18.3 Å². The lowest BCUT2D eigenvalue weighted by Gasteiger charge is -2.25. The minimum absolute atomic E-state index is 0.0251. The molecule has 0 N–H and O–H groups in total. The molecule has 1 fully saturated rings. The molecule has 0 atom stereocenters. The monoisotopic (exact) mass is 480 g/mol. The van der Waals surface area contributed by atoms with Crippen molar-refractivity contribution in [1.82, 2.24) is 24.6 Å². The van der Waals surface area contributed by atoms with Gasteiger partial charge in [-0.25, -0.2) is 4.39 Å². The summed E-state index contributed by atoms with van der Waals surface area (Å²) in [5, 5.41) is 8.87. The first-order valence-corrected chi connectivity index (χ1v) is 11.4. The molecule has 6 rings (SSSR count). The number of nitrogens with zero attached hydrogens (tertiary/aromatic N) is 6. The molecular weight excluding hydrogens is 460 g/mol. The molecule has 10 heteroatoms. The lowest BCUT2D eigenvalue weighted by molar-refractivity contribution is -0.168. The number of halogens is 4. The van der Waals surface area contributed by atoms with Gasteiger partial charge >= 0.3 is 6.18 Å². The van der Waals surface area contributed by atoms with Crippen molar-refractivity contribution in [1.29, 1.82) is 0 Å². The van der Waals surface area contributed by atoms with Crippen molar-refractivity contribution in [2.24, 2.45) is 5.41 Å². The van der Waals surface area contributed by atoms with Crippen LogP contribution < -0.4 is 4.90 Å². The lowest BCUT2D eigenvalue weighted by Crippen LogP contribution is -2.22. The Labute approximate surface area is 198 Å². The van der Waals surface area contributed by atoms with Crippen molar-refractivity contribution in [3.63, 3.8) is 0 Å². The summed E-state index contributed by atoms with van der Waals surface area (Å²) in [5.74, 6) is 6.40. The predicted molar refractivity (Wildman–Crippen MR) is 122 cm³/mol. The molecule has 0 bridgehead atoms. The standard InChI is InChI=1S/C25H20F4N6/c1-15-32-33-23-31-22(19-12-17(26)5-6-20(19)35(15)23)34-11-3-2-4-18-16(13-30-14-21(18)34)7-8-24(9-10-24)25(27,28)29/h5-6,12-14H,2-4,9-11H2,1H3. The van der Waals surface area contributed by atoms with Crippen LogP contribution in [0, 0.1) is 30.0 Å². The van der Waals surface area contributed by atoms with E-state index in [2.05, 4.69) is 27.0 Å². The summed E-state index contributed by atoms with van der Waals surface area (Å²) < 4.78 is 56.4. The third-order valence-electron chi connectivity index (χ3n) is 6.82. The molecule has 1 aliphatic heterocycles. The molecule has 0 radical (unpaired) electrons. The maximum absolute atomic E-state index is 14.4. The first-order chi connectivity index (χ1) is 16.8. The van der Waals surface area contributed by atoms with E-state index >= 15 is 0 Å². The van der Waals surface area contributed by atoms with Crippen LogP contribution in [0.4, 0.5) is 29.1 Å². The van der Waals surface area contributed by atoms with Gasteiger partial charge in [-0.05, 0) is 62.8 Å². The molecule has 4 aromatic rings. The normalized spacial score (nSPS) is 17.1. The first-order valence-electron chi connectivity index (χ1n) is 11.4. The number of aryl methyl sites for hydroxylation is 1. The zero-order valence-electron chi connectivity index (χ0n) is 18.8. The van der Waals surface area contributed by atoms with E-state index in [4.69, 9.17) is 4.98 Å². The Morgan fingerprint density at radius 1 is 1.09 bits per heavy atom. The van der Waals surface area contributed by atoms with Gasteiger partial charge < -0.3 is 4.90 Å². The second-order valence-electron chi connectivity index (χ2n) is 9.10. The highest BCUT2D eigenvalue weighted by molar-refractivity contribution is 5.94. The summed E-state index contributed by atoms with van der Waals surface area (Å²) in [6.07, 6.45) is 1.19. The molecule has 1 aromatic carbocycles. The second kappa shape index (κ2) is 7.63. The minimum Gasteiger partial charge on any atom is -0.324 e. The van der Waals surface area contributed by atoms with E-state index in [0.29, 0.717) is 52.5 Å². The highest BCUT2D eigenvalue weighted by Crippen LogP contribution is 2.57. The number of fused-ring (bicyclic) bond motifs is 4. The van der Waals surface area contributed by atoms with Crippen LogP contribution in [0.3, 0.4) is 0 Å². The summed E-state index contributed by atoms with van der Waals surface area (Å²) in [6.45, 7) is 2.38. The molecule has 3 aromatic heterocycles. The van der Waals surface area contributed by atoms with Crippen LogP contribution in [0.1, 0.15) is 42.6 Å². The van der Waals surface area contributed by atoms with E-state index in [-0.39, 0.29) is 12.8 Å². The Balaban J connectivity index is 1.53. The molecule has 0 amide bonds. The number of pyridine rings is 1. The second-order valence-corrected chi connectivity index (χ2v) is 9.10. The largest absolute Gasteiger partial charge is 0.405 e. The topological polar surface area (TPSA) is 59.2 Å². The van der Waals surface area contributed by atoms with Gasteiger partial charge in [-0.15, -0.1) is 10.2 Å². The average molecular weight is 480 g/mol. The smallest absolute Gasteiger partial charge is 0.324 e. The molecule has 0 unspecified atom stereocenters. The van der Waals surface area contributed by atoms with Crippen molar-refractivity contribution in [2.45, 2.75) is 45.2 Å². The molecule has 6 nitrogen and oxygen atoms in total. The summed E-state index contributed by atoms with van der Waals surface area (Å²) >= 11 is 0. The van der Waals surface area contributed by atoms with Crippen LogP contribution in [0.25, 0.3) is 16.7 Å². The van der Waals surface area contributed by atoms with Gasteiger partial charge in [0.15, 0.2) is 0 Å². The van der Waals surface area contributed by atoms with Gasteiger partial charge in [0.2, 0.25) is 0 Å². The van der Waals surface area contributed by atoms with Crippen LogP contribution in [-0.4, -0.2) is 37.3 Å². The Morgan fingerprint density at radius 2 is 1.91 bits per heavy atom. The zero-order chi connectivity index (χ0) is 24.4. The molecule has 2 aliphatic rings. The van der Waals surface area contributed by atoms with E-state index < -0.39 is 17.4 Å². The molecule has 178 valence electrons. The van der Waals surface area contributed by atoms with Gasteiger partial charge in [0.1, 0.15) is 22.9 Å². The van der Waals surface area contributed by atoms with Gasteiger partial charge in [0.05, 0.1) is 17.4 Å². The quantitative estimate of drug-likeness (QED) is 0.274. The fourth-order valence-electron chi connectivity index (χ4n) is 4.73. The van der Waals surface area contributed by atoms with Crippen LogP contribution in [0.15, 0.2) is 30.6 Å². The summed E-state index contributed by atoms with van der Waals surface area (Å²) in [4.78, 5) is 11.0. The first kappa shape index (κ1) is 21.8. The predicted octanol–water partition coefficient (Wildman–Crippen LogP) is 5.29. The van der Waals surface area contributed by atoms with Gasteiger partial charge in [-0.3, -0.25) is 9.38 Å². The molecular formula is C25H20F4N6. The number of hydrogen-bond donors (Lipinski definition) is 0. The molecule has 35 heavy (non-hydrogen) atoms. The van der Waals surface area contributed by atoms with Gasteiger partial charge in [0, 0.05) is 23.7 Å². The van der Waals surface area contributed by atoms with Crippen molar-refractivity contribution in [3.8, 4) is 11.8 Å². The molecule has 4 heterocycles. The Kier molecular flexibility index (Phi) is 4.75. The Morgan fingerprint density at radius 3 is 2.69 bits per heavy atom. The zero-order valence-corrected chi connectivity index (χ0v) is 18.8. The number of hydrogen-bond acceptors (Lipinski definition) is 5. The number of anilines is 2. The number of aromatic nitrogens is 5. The molecule has 1 aliphatic carbocycles. The third kappa shape index (κ3) is 3.49. The van der Waals surface area contributed by atoms with E-state index in [9.17, 15) is 17.6 Å². The SMILES string of the molecule is Cc1nnc2nc(N3CCCCc4c(C#CC5(C(F)(F)F)CC5)cncc43)c3cc(F)ccc3n12. The number of benzene rings is 1. The number of alkyl halides is 3. The maximum atomic E-state index is 14.4. The fourth-order valence-corrected chi connectivity index (χ4v) is 4.73.